The highest BCUT2D eigenvalue weighted by atomic mass is 32.2. The van der Waals surface area contributed by atoms with E-state index < -0.39 is 10.7 Å². The molecule has 7 nitrogen and oxygen atoms in total. The topological polar surface area (TPSA) is 105 Å². The molecule has 0 saturated heterocycles. The zero-order chi connectivity index (χ0) is 19.3. The van der Waals surface area contributed by atoms with Crippen LogP contribution in [0.3, 0.4) is 0 Å². The van der Waals surface area contributed by atoms with E-state index in [1.54, 1.807) is 27.0 Å². The zero-order valence-electron chi connectivity index (χ0n) is 14.9. The molecule has 1 aromatic rings. The van der Waals surface area contributed by atoms with Gasteiger partial charge in [-0.1, -0.05) is 30.3 Å². The summed E-state index contributed by atoms with van der Waals surface area (Å²) in [6, 6.07) is 9.49. The molecule has 1 aromatic carbocycles. The van der Waals surface area contributed by atoms with Crippen LogP contribution in [-0.2, 0) is 30.4 Å². The normalized spacial score (nSPS) is 10.1. The third-order valence-electron chi connectivity index (χ3n) is 2.56. The van der Waals surface area contributed by atoms with Crippen LogP contribution < -0.4 is 5.73 Å². The lowest BCUT2D eigenvalue weighted by Gasteiger charge is -2.15. The second-order valence-corrected chi connectivity index (χ2v) is 6.49. The lowest BCUT2D eigenvalue weighted by molar-refractivity contribution is -0.160. The molecule has 0 unspecified atom stereocenters. The molecule has 0 amide bonds. The molecule has 0 aliphatic heterocycles. The van der Waals surface area contributed by atoms with Gasteiger partial charge in [0.1, 0.15) is 6.61 Å². The van der Waals surface area contributed by atoms with Crippen LogP contribution in [0.5, 0.6) is 0 Å². The lowest BCUT2D eigenvalue weighted by atomic mass is 9.98. The van der Waals surface area contributed by atoms with Gasteiger partial charge in [-0.2, -0.15) is 0 Å². The largest absolute Gasteiger partial charge is 0.460 e. The van der Waals surface area contributed by atoms with Crippen LogP contribution >= 0.6 is 11.8 Å². The summed E-state index contributed by atoms with van der Waals surface area (Å²) in [5.74, 6) is -0.764. The van der Waals surface area contributed by atoms with E-state index in [0.29, 0.717) is 6.61 Å². The average Bonchev–Trinajstić information content (AvgIpc) is 2.59. The summed E-state index contributed by atoms with van der Waals surface area (Å²) >= 11 is 0.932. The summed E-state index contributed by atoms with van der Waals surface area (Å²) in [7, 11) is 0. The Balaban J connectivity index is 0.000000462. The second-order valence-electron chi connectivity index (χ2n) is 5.75. The first kappa shape index (κ1) is 22.9. The number of hydrogen-bond acceptors (Lipinski definition) is 8. The van der Waals surface area contributed by atoms with E-state index >= 15 is 0 Å². The summed E-state index contributed by atoms with van der Waals surface area (Å²) in [5, 5.41) is -0.457. The average molecular weight is 371 g/mol. The number of rotatable bonds is 5. The van der Waals surface area contributed by atoms with Crippen molar-refractivity contribution in [3.05, 3.63) is 35.9 Å². The van der Waals surface area contributed by atoms with Gasteiger partial charge in [0.05, 0.1) is 12.0 Å². The molecule has 0 fully saturated rings. The number of carbonyl (C=O) groups excluding carboxylic acids is 3. The minimum Gasteiger partial charge on any atom is -0.460 e. The number of ether oxygens (including phenoxy) is 3. The van der Waals surface area contributed by atoms with Gasteiger partial charge in [0, 0.05) is 0 Å². The smallest absolute Gasteiger partial charge is 0.369 e. The highest BCUT2D eigenvalue weighted by Crippen LogP contribution is 2.15. The highest BCUT2D eigenvalue weighted by Gasteiger charge is 2.23. The third kappa shape index (κ3) is 12.0. The van der Waals surface area contributed by atoms with Crippen molar-refractivity contribution in [2.75, 3.05) is 19.6 Å². The van der Waals surface area contributed by atoms with Crippen LogP contribution in [0.4, 0.5) is 4.79 Å². The molecule has 0 aliphatic carbocycles. The molecular formula is C17H25NO6S. The molecule has 2 N–H and O–H groups in total. The Kier molecular flexibility index (Phi) is 11.3. The van der Waals surface area contributed by atoms with Crippen molar-refractivity contribution in [2.45, 2.75) is 27.4 Å². The predicted molar refractivity (Wildman–Crippen MR) is 95.7 cm³/mol. The molecule has 0 aromatic heterocycles. The molecule has 25 heavy (non-hydrogen) atoms. The molecule has 140 valence electrons. The van der Waals surface area contributed by atoms with Crippen molar-refractivity contribution in [1.82, 2.24) is 0 Å². The summed E-state index contributed by atoms with van der Waals surface area (Å²) in [5.41, 5.74) is 5.47. The molecule has 0 radical (unpaired) electrons. The van der Waals surface area contributed by atoms with E-state index in [4.69, 9.17) is 10.5 Å². The van der Waals surface area contributed by atoms with Gasteiger partial charge < -0.3 is 19.9 Å². The monoisotopic (exact) mass is 371 g/mol. The Hall–Kier alpha value is -2.06. The van der Waals surface area contributed by atoms with Gasteiger partial charge in [-0.25, -0.2) is 4.79 Å². The first-order chi connectivity index (χ1) is 11.7. The van der Waals surface area contributed by atoms with Gasteiger partial charge in [0.15, 0.2) is 0 Å². The van der Waals surface area contributed by atoms with E-state index in [2.05, 4.69) is 9.47 Å². The van der Waals surface area contributed by atoms with Crippen LogP contribution in [0.1, 0.15) is 26.3 Å². The number of carbonyl (C=O) groups is 3. The maximum Gasteiger partial charge on any atom is 0.369 e. The van der Waals surface area contributed by atoms with Crippen LogP contribution in [0, 0.1) is 5.41 Å². The van der Waals surface area contributed by atoms with Gasteiger partial charge in [0.2, 0.25) is 6.79 Å². The first-order valence-electron chi connectivity index (χ1n) is 7.48. The fourth-order valence-corrected chi connectivity index (χ4v) is 1.37. The number of benzene rings is 1. The summed E-state index contributed by atoms with van der Waals surface area (Å²) in [6.45, 7) is 5.11. The number of nitrogens with two attached hydrogens (primary N) is 1. The molecule has 0 bridgehead atoms. The zero-order valence-corrected chi connectivity index (χ0v) is 15.8. The third-order valence-corrected chi connectivity index (χ3v) is 3.01. The molecule has 0 atom stereocenters. The Labute approximate surface area is 152 Å². The highest BCUT2D eigenvalue weighted by molar-refractivity contribution is 8.12. The van der Waals surface area contributed by atoms with Crippen LogP contribution in [-0.4, -0.2) is 36.8 Å². The quantitative estimate of drug-likeness (QED) is 0.622. The molecule has 0 aliphatic rings. The number of thioether (sulfide) groups is 1. The van der Waals surface area contributed by atoms with Crippen molar-refractivity contribution >= 4 is 29.0 Å². The van der Waals surface area contributed by atoms with Crippen molar-refractivity contribution in [3.63, 3.8) is 0 Å². The molecule has 8 heteroatoms. The van der Waals surface area contributed by atoms with E-state index in [0.717, 1.165) is 17.3 Å². The van der Waals surface area contributed by atoms with E-state index in [-0.39, 0.29) is 25.3 Å². The number of esters is 2. The molecular weight excluding hydrogens is 346 g/mol. The maximum absolute atomic E-state index is 11.1. The molecule has 0 spiro atoms. The number of hydrogen-bond donors (Lipinski definition) is 1. The second kappa shape index (κ2) is 12.3. The first-order valence-corrected chi connectivity index (χ1v) is 8.70. The molecule has 0 heterocycles. The van der Waals surface area contributed by atoms with Gasteiger partial charge in [-0.3, -0.25) is 9.59 Å². The Morgan fingerprint density at radius 2 is 1.64 bits per heavy atom. The van der Waals surface area contributed by atoms with Gasteiger partial charge >= 0.3 is 17.2 Å². The standard InChI is InChI=1S/C9H11NO2.C8H14O4S/c10-6-9(11)12-7-8-4-2-1-3-5-8;1-8(2,3)6(9)11-5-12-7(10)13-4/h1-5H,6-7,10H2;5H2,1-4H3. The van der Waals surface area contributed by atoms with Crippen LogP contribution in [0.25, 0.3) is 0 Å². The fraction of sp³-hybridized carbons (Fsp3) is 0.471. The Bertz CT molecular complexity index is 542. The summed E-state index contributed by atoms with van der Waals surface area (Å²) in [4.78, 5) is 32.3. The predicted octanol–water partition coefficient (Wildman–Crippen LogP) is 2.72. The molecule has 0 saturated carbocycles. The van der Waals surface area contributed by atoms with E-state index in [9.17, 15) is 14.4 Å². The summed E-state index contributed by atoms with van der Waals surface area (Å²) < 4.78 is 14.0. The van der Waals surface area contributed by atoms with Crippen LogP contribution in [0.15, 0.2) is 30.3 Å². The Morgan fingerprint density at radius 1 is 1.04 bits per heavy atom. The van der Waals surface area contributed by atoms with Crippen molar-refractivity contribution in [3.8, 4) is 0 Å². The van der Waals surface area contributed by atoms with E-state index in [1.807, 2.05) is 30.3 Å². The maximum atomic E-state index is 11.1. The minimum atomic E-state index is -0.564. The van der Waals surface area contributed by atoms with E-state index in [1.165, 1.54) is 0 Å². The van der Waals surface area contributed by atoms with Gasteiger partial charge in [-0.05, 0) is 44.4 Å². The Morgan fingerprint density at radius 3 is 2.12 bits per heavy atom. The van der Waals surface area contributed by atoms with Crippen molar-refractivity contribution < 1.29 is 28.6 Å². The van der Waals surface area contributed by atoms with Gasteiger partial charge in [0.25, 0.3) is 0 Å². The van der Waals surface area contributed by atoms with Crippen molar-refractivity contribution in [1.29, 1.82) is 0 Å². The SMILES string of the molecule is CSC(=O)OCOC(=O)C(C)(C)C.NCC(=O)OCc1ccccc1. The summed E-state index contributed by atoms with van der Waals surface area (Å²) in [6.07, 6.45) is 1.59. The van der Waals surface area contributed by atoms with Gasteiger partial charge in [-0.15, -0.1) is 0 Å². The lowest BCUT2D eigenvalue weighted by Crippen LogP contribution is -2.24. The molecule has 1 rings (SSSR count). The fourth-order valence-electron chi connectivity index (χ4n) is 1.20. The minimum absolute atomic E-state index is 0.0627. The van der Waals surface area contributed by atoms with Crippen LogP contribution in [0.2, 0.25) is 0 Å². The van der Waals surface area contributed by atoms with Crippen molar-refractivity contribution in [2.24, 2.45) is 11.1 Å².